The van der Waals surface area contributed by atoms with E-state index in [1.807, 2.05) is 12.1 Å². The van der Waals surface area contributed by atoms with E-state index in [4.69, 9.17) is 23.7 Å². The van der Waals surface area contributed by atoms with E-state index in [9.17, 15) is 29.4 Å². The fraction of sp³-hybridized carbons (Fsp3) is 0.400. The molecule has 13 nitrogen and oxygen atoms in total. The molecule has 0 aliphatic carbocycles. The molecule has 1 aliphatic rings. The highest BCUT2D eigenvalue weighted by molar-refractivity contribution is 5.98. The van der Waals surface area contributed by atoms with Gasteiger partial charge < -0.3 is 44.5 Å². The third kappa shape index (κ3) is 10.7. The van der Waals surface area contributed by atoms with E-state index in [1.165, 1.54) is 27.4 Å². The molecule has 0 radical (unpaired) electrons. The number of fused-ring (bicyclic) bond motifs is 1. The van der Waals surface area contributed by atoms with Gasteiger partial charge in [-0.25, -0.2) is 4.79 Å². The molecule has 1 unspecified atom stereocenters. The van der Waals surface area contributed by atoms with Crippen LogP contribution < -0.4 is 29.6 Å². The van der Waals surface area contributed by atoms with Crippen LogP contribution >= 0.6 is 0 Å². The first kappa shape index (κ1) is 40.1. The highest BCUT2D eigenvalue weighted by atomic mass is 16.5. The third-order valence-corrected chi connectivity index (χ3v) is 8.97. The average molecular weight is 733 g/mol. The normalized spacial score (nSPS) is 15.6. The summed E-state index contributed by atoms with van der Waals surface area (Å²) in [5, 5.41) is 28.8. The Morgan fingerprint density at radius 3 is 2.21 bits per heavy atom. The quantitative estimate of drug-likeness (QED) is 0.171. The summed E-state index contributed by atoms with van der Waals surface area (Å²) < 4.78 is 27.5. The largest absolute Gasteiger partial charge is 0.507 e. The van der Waals surface area contributed by atoms with Crippen molar-refractivity contribution in [2.45, 2.75) is 70.4 Å². The molecule has 3 aromatic carbocycles. The maximum Gasteiger partial charge on any atom is 0.342 e. The molecule has 0 fully saturated rings. The molecule has 2 atom stereocenters. The molecule has 13 heteroatoms. The number of rotatable bonds is 12. The summed E-state index contributed by atoms with van der Waals surface area (Å²) in [6.07, 6.45) is 5.33. The summed E-state index contributed by atoms with van der Waals surface area (Å²) in [5.74, 6) is -2.33. The van der Waals surface area contributed by atoms with E-state index in [1.54, 1.807) is 50.5 Å². The number of amides is 2. The molecule has 3 aromatic rings. The molecule has 284 valence electrons. The molecule has 2 amide bonds. The Kier molecular flexibility index (Phi) is 14.5. The first-order valence-corrected chi connectivity index (χ1v) is 17.4. The lowest BCUT2D eigenvalue weighted by Crippen LogP contribution is -2.37. The van der Waals surface area contributed by atoms with Crippen molar-refractivity contribution in [2.24, 2.45) is 0 Å². The number of ether oxygens (including phenoxy) is 5. The number of methoxy groups -OCH3 is 4. The Hall–Kier alpha value is -5.72. The number of phenols is 2. The smallest absolute Gasteiger partial charge is 0.342 e. The molecule has 0 bridgehead atoms. The van der Waals surface area contributed by atoms with Gasteiger partial charge in [-0.05, 0) is 79.6 Å². The second-order valence-electron chi connectivity index (χ2n) is 12.7. The zero-order valence-corrected chi connectivity index (χ0v) is 30.8. The van der Waals surface area contributed by atoms with Crippen LogP contribution in [0, 0.1) is 0 Å². The summed E-state index contributed by atoms with van der Waals surface area (Å²) in [5.41, 5.74) is 1.09. The van der Waals surface area contributed by atoms with Gasteiger partial charge >= 0.3 is 5.97 Å². The topological polar surface area (TPSA) is 179 Å². The number of esters is 1. The van der Waals surface area contributed by atoms with Crippen LogP contribution in [0.3, 0.4) is 0 Å². The van der Waals surface area contributed by atoms with Crippen LogP contribution in [-0.2, 0) is 25.7 Å². The van der Waals surface area contributed by atoms with Crippen LogP contribution in [0.4, 0.5) is 0 Å². The van der Waals surface area contributed by atoms with Crippen LogP contribution in [-0.4, -0.2) is 74.9 Å². The third-order valence-electron chi connectivity index (χ3n) is 8.97. The Bertz CT molecular complexity index is 1780. The van der Waals surface area contributed by atoms with Crippen molar-refractivity contribution in [3.63, 3.8) is 0 Å². The molecule has 1 aliphatic heterocycles. The fourth-order valence-electron chi connectivity index (χ4n) is 6.15. The molecule has 0 spiro atoms. The van der Waals surface area contributed by atoms with Crippen molar-refractivity contribution in [2.75, 3.05) is 35.0 Å². The van der Waals surface area contributed by atoms with Gasteiger partial charge in [0.05, 0.1) is 41.1 Å². The Labute approximate surface area is 309 Å². The van der Waals surface area contributed by atoms with Crippen molar-refractivity contribution >= 4 is 29.6 Å². The molecule has 1 heterocycles. The van der Waals surface area contributed by atoms with Gasteiger partial charge in [-0.15, -0.1) is 0 Å². The number of cyclic esters (lactones) is 1. The Balaban J connectivity index is 1.71. The Morgan fingerprint density at radius 2 is 1.57 bits per heavy atom. The van der Waals surface area contributed by atoms with Gasteiger partial charge in [0.1, 0.15) is 28.6 Å². The molecular formula is C40H48N2O11. The molecule has 53 heavy (non-hydrogen) atoms. The van der Waals surface area contributed by atoms with E-state index < -0.39 is 41.3 Å². The summed E-state index contributed by atoms with van der Waals surface area (Å²) >= 11 is 0. The lowest BCUT2D eigenvalue weighted by molar-refractivity contribution is -0.126. The lowest BCUT2D eigenvalue weighted by Gasteiger charge is -2.24. The molecule has 0 saturated carbocycles. The fourth-order valence-corrected chi connectivity index (χ4v) is 6.15. The highest BCUT2D eigenvalue weighted by Gasteiger charge is 2.32. The summed E-state index contributed by atoms with van der Waals surface area (Å²) in [4.78, 5) is 52.2. The standard InChI is InChI=1S/C40H48N2O11/c1-24-10-9-13-28(43)12-8-6-7-11-26-18-31(44)37(38(47)36(26)40(48)53-24)30(27-19-32(50-3)39(52-5)33(20-27)51-4)21-34(45)42-23-35(46)41-22-25-14-16-29(49-2)17-15-25/h7,11,14-20,24,30,44,47H,6,8-10,12-13,21-23H2,1-5H3,(H,41,46)(H,42,45)/t24-,30?/m0/s1. The molecule has 4 rings (SSSR count). The van der Waals surface area contributed by atoms with E-state index in [2.05, 4.69) is 10.6 Å². The van der Waals surface area contributed by atoms with Crippen LogP contribution in [0.2, 0.25) is 0 Å². The van der Waals surface area contributed by atoms with E-state index >= 15 is 0 Å². The number of carbonyl (C=O) groups is 4. The summed E-state index contributed by atoms with van der Waals surface area (Å²) in [6.45, 7) is 1.59. The Morgan fingerprint density at radius 1 is 0.887 bits per heavy atom. The zero-order valence-electron chi connectivity index (χ0n) is 30.8. The van der Waals surface area contributed by atoms with Crippen molar-refractivity contribution in [1.29, 1.82) is 0 Å². The van der Waals surface area contributed by atoms with Crippen molar-refractivity contribution in [1.82, 2.24) is 10.6 Å². The predicted octanol–water partition coefficient (Wildman–Crippen LogP) is 5.57. The maximum atomic E-state index is 13.7. The first-order valence-electron chi connectivity index (χ1n) is 17.4. The monoisotopic (exact) mass is 732 g/mol. The minimum absolute atomic E-state index is 0.123. The number of benzene rings is 3. The number of hydrogen-bond donors (Lipinski definition) is 4. The minimum atomic E-state index is -1.09. The number of phenolic OH excluding ortho intramolecular Hbond substituents is 2. The zero-order chi connectivity index (χ0) is 38.5. The number of carbonyl (C=O) groups excluding carboxylic acids is 4. The van der Waals surface area contributed by atoms with E-state index in [-0.39, 0.29) is 59.2 Å². The van der Waals surface area contributed by atoms with Gasteiger partial charge in [0.2, 0.25) is 17.6 Å². The number of ketones is 1. The number of allylic oxidation sites excluding steroid dienone is 1. The van der Waals surface area contributed by atoms with Crippen molar-refractivity contribution in [3.8, 4) is 34.5 Å². The number of aromatic hydroxyl groups is 2. The summed E-state index contributed by atoms with van der Waals surface area (Å²) in [7, 11) is 5.85. The van der Waals surface area contributed by atoms with E-state index in [0.29, 0.717) is 49.8 Å². The maximum absolute atomic E-state index is 13.7. The second kappa shape index (κ2) is 19.2. The molecule has 0 saturated heterocycles. The lowest BCUT2D eigenvalue weighted by atomic mass is 9.84. The summed E-state index contributed by atoms with van der Waals surface area (Å²) in [6, 6.07) is 11.7. The van der Waals surface area contributed by atoms with Crippen LogP contribution in [0.25, 0.3) is 6.08 Å². The minimum Gasteiger partial charge on any atom is -0.507 e. The van der Waals surface area contributed by atoms with Gasteiger partial charge in [-0.2, -0.15) is 0 Å². The van der Waals surface area contributed by atoms with Crippen LogP contribution in [0.5, 0.6) is 34.5 Å². The van der Waals surface area contributed by atoms with E-state index in [0.717, 1.165) is 5.56 Å². The van der Waals surface area contributed by atoms with Crippen LogP contribution in [0.1, 0.15) is 90.4 Å². The van der Waals surface area contributed by atoms with Gasteiger partial charge in [-0.3, -0.25) is 14.4 Å². The van der Waals surface area contributed by atoms with Gasteiger partial charge in [-0.1, -0.05) is 24.3 Å². The van der Waals surface area contributed by atoms with Gasteiger partial charge in [0, 0.05) is 37.3 Å². The number of Topliss-reactive ketones (excluding diaryl/α,β-unsaturated/α-hetero) is 1. The van der Waals surface area contributed by atoms with Crippen molar-refractivity contribution < 1.29 is 53.1 Å². The number of hydrogen-bond acceptors (Lipinski definition) is 11. The predicted molar refractivity (Wildman–Crippen MR) is 197 cm³/mol. The molecule has 4 N–H and O–H groups in total. The number of nitrogens with one attached hydrogen (secondary N) is 2. The highest BCUT2D eigenvalue weighted by Crippen LogP contribution is 2.47. The average Bonchev–Trinajstić information content (AvgIpc) is 3.14. The molecular weight excluding hydrogens is 684 g/mol. The van der Waals surface area contributed by atoms with Crippen LogP contribution in [0.15, 0.2) is 48.5 Å². The van der Waals surface area contributed by atoms with Gasteiger partial charge in [0.25, 0.3) is 0 Å². The molecule has 0 aromatic heterocycles. The second-order valence-corrected chi connectivity index (χ2v) is 12.7. The van der Waals surface area contributed by atoms with Crippen molar-refractivity contribution in [3.05, 3.63) is 76.4 Å². The SMILES string of the molecule is COc1ccc(CNC(=O)CNC(=O)CC(c2cc(OC)c(OC)c(OC)c2)c2c(O)cc3c(c2O)C(=O)O[C@@H](C)CCCC(=O)CCCC=C3)cc1. The van der Waals surface area contributed by atoms with Gasteiger partial charge in [0.15, 0.2) is 11.5 Å². The first-order chi connectivity index (χ1) is 25.5.